The zero-order chi connectivity index (χ0) is 43.3. The lowest BCUT2D eigenvalue weighted by atomic mass is 9.86. The van der Waals surface area contributed by atoms with Gasteiger partial charge < -0.3 is 30.1 Å². The Balaban J connectivity index is 0.787. The highest BCUT2D eigenvalue weighted by molar-refractivity contribution is 6.06. The average molecular weight is 850 g/mol. The highest BCUT2D eigenvalue weighted by Crippen LogP contribution is 2.43. The molecule has 13 nitrogen and oxygen atoms in total. The number of rotatable bonds is 8. The lowest BCUT2D eigenvalue weighted by molar-refractivity contribution is -0.120. The van der Waals surface area contributed by atoms with Gasteiger partial charge in [0.2, 0.25) is 5.91 Å². The Morgan fingerprint density at radius 1 is 0.903 bits per heavy atom. The van der Waals surface area contributed by atoms with Crippen LogP contribution in [0.25, 0.3) is 22.2 Å². The summed E-state index contributed by atoms with van der Waals surface area (Å²) in [4.78, 5) is 44.9. The van der Waals surface area contributed by atoms with Crippen LogP contribution in [0.1, 0.15) is 72.0 Å². The number of carbonyl (C=O) groups is 3. The van der Waals surface area contributed by atoms with Crippen LogP contribution in [0.15, 0.2) is 79.0 Å². The number of nitrogens with two attached hydrogens (primary N) is 1. The lowest BCUT2D eigenvalue weighted by Gasteiger charge is -2.41. The summed E-state index contributed by atoms with van der Waals surface area (Å²) in [7, 11) is 0. The molecule has 0 spiro atoms. The first-order chi connectivity index (χ1) is 29.7. The number of amides is 4. The normalized spacial score (nSPS) is 21.0. The molecule has 0 saturated carbocycles. The van der Waals surface area contributed by atoms with E-state index in [1.54, 1.807) is 63.2 Å². The van der Waals surface area contributed by atoms with Gasteiger partial charge in [-0.1, -0.05) is 24.3 Å². The number of phenolic OH excluding ortho intramolecular Hbond substituents is 1. The number of hydrogen-bond donors (Lipinski definition) is 3. The quantitative estimate of drug-likeness (QED) is 0.149. The maximum atomic E-state index is 16.4. The second-order valence-corrected chi connectivity index (χ2v) is 17.3. The minimum Gasteiger partial charge on any atom is -0.507 e. The van der Waals surface area contributed by atoms with E-state index < -0.39 is 30.0 Å². The maximum Gasteiger partial charge on any atom is 0.328 e. The third-order valence-electron chi connectivity index (χ3n) is 13.3. The number of urea groups is 1. The molecule has 0 radical (unpaired) electrons. The minimum atomic E-state index is -3.01. The Morgan fingerprint density at radius 3 is 2.37 bits per heavy atom. The first-order valence-electron chi connectivity index (χ1n) is 21.3. The number of para-hydroxylation sites is 1. The number of aromatic hydroxyl groups is 1. The number of alkyl halides is 3. The zero-order valence-electron chi connectivity index (χ0n) is 34.6. The number of piperidine rings is 3. The van der Waals surface area contributed by atoms with Crippen molar-refractivity contribution in [2.75, 3.05) is 67.9 Å². The number of nitrogens with zero attached hydrogens (tertiary/aromatic N) is 7. The number of benzene rings is 3. The number of aromatic nitrogens is 3. The lowest BCUT2D eigenvalue weighted by Crippen LogP contribution is -2.51. The smallest absolute Gasteiger partial charge is 0.328 e. The van der Waals surface area contributed by atoms with Gasteiger partial charge in [-0.05, 0) is 79.4 Å². The van der Waals surface area contributed by atoms with Crippen molar-refractivity contribution < 1.29 is 32.7 Å². The van der Waals surface area contributed by atoms with Crippen molar-refractivity contribution in [3.63, 3.8) is 0 Å². The van der Waals surface area contributed by atoms with E-state index in [1.807, 2.05) is 18.2 Å². The van der Waals surface area contributed by atoms with Crippen LogP contribution in [0.5, 0.6) is 5.75 Å². The van der Waals surface area contributed by atoms with E-state index in [1.165, 1.54) is 6.07 Å². The molecular weight excluding hydrogens is 800 g/mol. The number of aryl methyl sites for hydroxylation is 1. The average Bonchev–Trinajstić information content (AvgIpc) is 3.59. The van der Waals surface area contributed by atoms with E-state index in [0.717, 1.165) is 48.1 Å². The molecule has 1 unspecified atom stereocenters. The number of hydrogen-bond acceptors (Lipinski definition) is 9. The second-order valence-electron chi connectivity index (χ2n) is 17.3. The summed E-state index contributed by atoms with van der Waals surface area (Å²) in [5, 5.41) is 22.0. The van der Waals surface area contributed by atoms with Crippen LogP contribution >= 0.6 is 0 Å². The van der Waals surface area contributed by atoms with Gasteiger partial charge in [-0.25, -0.2) is 18.0 Å². The summed E-state index contributed by atoms with van der Waals surface area (Å²) in [5.41, 5.74) is 9.72. The van der Waals surface area contributed by atoms with Crippen LogP contribution in [0.3, 0.4) is 0 Å². The molecule has 4 amide bonds. The monoisotopic (exact) mass is 849 g/mol. The van der Waals surface area contributed by atoms with E-state index in [9.17, 15) is 19.5 Å². The summed E-state index contributed by atoms with van der Waals surface area (Å²) < 4.78 is 49.7. The molecule has 6 heterocycles. The van der Waals surface area contributed by atoms with Gasteiger partial charge in [0, 0.05) is 118 Å². The Hall–Kier alpha value is -6.16. The molecule has 0 aliphatic carbocycles. The molecule has 9 rings (SSSR count). The van der Waals surface area contributed by atoms with E-state index in [2.05, 4.69) is 38.1 Å². The van der Waals surface area contributed by atoms with Crippen molar-refractivity contribution in [2.24, 2.45) is 0 Å². The van der Waals surface area contributed by atoms with Crippen molar-refractivity contribution in [1.29, 1.82) is 0 Å². The second kappa shape index (κ2) is 16.3. The Morgan fingerprint density at radius 2 is 1.65 bits per heavy atom. The topological polar surface area (TPSA) is 153 Å². The number of imide groups is 1. The van der Waals surface area contributed by atoms with Crippen LogP contribution in [0.4, 0.5) is 35.2 Å². The summed E-state index contributed by atoms with van der Waals surface area (Å²) in [5.74, 6) is -4.60. The molecule has 4 aliphatic rings. The number of fused-ring (bicyclic) bond motifs is 1. The van der Waals surface area contributed by atoms with Gasteiger partial charge in [0.05, 0.1) is 17.3 Å². The molecule has 2 aromatic heterocycles. The summed E-state index contributed by atoms with van der Waals surface area (Å²) in [6.45, 7) is 4.71. The summed E-state index contributed by atoms with van der Waals surface area (Å²) in [6.07, 6.45) is 4.15. The molecule has 3 aromatic carbocycles. The van der Waals surface area contributed by atoms with Gasteiger partial charge in [-0.2, -0.15) is 0 Å². The van der Waals surface area contributed by atoms with Gasteiger partial charge in [0.1, 0.15) is 11.4 Å². The largest absolute Gasteiger partial charge is 0.507 e. The first kappa shape index (κ1) is 41.2. The number of likely N-dealkylation sites (tertiary alicyclic amines) is 2. The molecule has 0 bridgehead atoms. The molecule has 16 heteroatoms. The van der Waals surface area contributed by atoms with Crippen LogP contribution < -0.4 is 20.9 Å². The Bertz CT molecular complexity index is 2520. The minimum absolute atomic E-state index is 0.0139. The molecule has 4 fully saturated rings. The van der Waals surface area contributed by atoms with Crippen molar-refractivity contribution in [3.8, 4) is 17.0 Å². The fourth-order valence-corrected chi connectivity index (χ4v) is 9.70. The highest BCUT2D eigenvalue weighted by Gasteiger charge is 2.46. The maximum absolute atomic E-state index is 16.4. The van der Waals surface area contributed by atoms with E-state index in [-0.39, 0.29) is 74.9 Å². The number of nitrogen functional groups attached to an aromatic ring is 1. The first-order valence-corrected chi connectivity index (χ1v) is 21.3. The van der Waals surface area contributed by atoms with Crippen LogP contribution in [-0.4, -0.2) is 111 Å². The van der Waals surface area contributed by atoms with Gasteiger partial charge in [0.25, 0.3) is 11.8 Å². The predicted molar refractivity (Wildman–Crippen MR) is 230 cm³/mol. The third kappa shape index (κ3) is 8.03. The number of halogens is 3. The van der Waals surface area contributed by atoms with Crippen molar-refractivity contribution in [2.45, 2.75) is 69.0 Å². The van der Waals surface area contributed by atoms with Gasteiger partial charge in [0.15, 0.2) is 5.82 Å². The van der Waals surface area contributed by atoms with E-state index in [0.29, 0.717) is 41.2 Å². The summed E-state index contributed by atoms with van der Waals surface area (Å²) >= 11 is 0. The Kier molecular flexibility index (Phi) is 10.8. The van der Waals surface area contributed by atoms with Crippen molar-refractivity contribution in [1.82, 2.24) is 29.9 Å². The van der Waals surface area contributed by atoms with E-state index in [4.69, 9.17) is 5.73 Å². The van der Waals surface area contributed by atoms with Gasteiger partial charge in [-0.15, -0.1) is 10.2 Å². The number of nitrogens with one attached hydrogen (secondary N) is 1. The van der Waals surface area contributed by atoms with Crippen LogP contribution in [0.2, 0.25) is 0 Å². The molecular formula is C46H50F3N9O4. The number of anilines is 3. The molecule has 4 N–H and O–H groups in total. The molecule has 5 aromatic rings. The van der Waals surface area contributed by atoms with Gasteiger partial charge in [-0.3, -0.25) is 19.8 Å². The van der Waals surface area contributed by atoms with Crippen LogP contribution in [0, 0.1) is 6.92 Å². The Labute approximate surface area is 357 Å². The van der Waals surface area contributed by atoms with Crippen molar-refractivity contribution in [3.05, 3.63) is 95.7 Å². The SMILES string of the molecule is Cc1cn(C2CCN(CC3(F)CCN(C(=O)c4ccc(C5CN(c6cc(-c7ccccc7O)nnc6N)CCC5(F)F)cc4)CC3)CC2)c2ccc(N3CCC(=O)NC3=O)cc12. The summed E-state index contributed by atoms with van der Waals surface area (Å²) in [6, 6.07) is 20.4. The van der Waals surface area contributed by atoms with E-state index >= 15 is 13.2 Å². The fraction of sp³-hybridized carbons (Fsp3) is 0.413. The fourth-order valence-electron chi connectivity index (χ4n) is 9.70. The van der Waals surface area contributed by atoms with Gasteiger partial charge >= 0.3 is 6.03 Å². The zero-order valence-corrected chi connectivity index (χ0v) is 34.6. The number of carbonyl (C=O) groups excluding carboxylic acids is 3. The number of phenols is 1. The highest BCUT2D eigenvalue weighted by atomic mass is 19.3. The standard InChI is InChI=1S/C46H50F3N9O4/c1-29-26-58(38-11-10-33(24-35(29)38)57-20-14-41(60)51-44(57)62)32-12-18-54(19-13-32)28-45(47)15-21-55(22-16-45)43(61)31-8-6-30(7-9-31)36-27-56(23-17-46(36,48)49)39-25-37(52-53-42(39)50)34-4-2-3-5-40(34)59/h2-11,24-26,32,36,59H,12-23,27-28H2,1H3,(H2,50,53)(H,51,60,62). The van der Waals surface area contributed by atoms with Crippen molar-refractivity contribution >= 4 is 45.9 Å². The molecule has 324 valence electrons. The predicted octanol–water partition coefficient (Wildman–Crippen LogP) is 7.05. The molecule has 1 atom stereocenters. The molecule has 62 heavy (non-hydrogen) atoms. The van der Waals surface area contributed by atoms with Crippen LogP contribution in [-0.2, 0) is 4.79 Å². The third-order valence-corrected chi connectivity index (χ3v) is 13.3. The molecule has 4 aliphatic heterocycles. The molecule has 4 saturated heterocycles.